The SMILES string of the molecule is COC(CN1CCC(c2ccc(-c3ccc4c(ccc5sc6c(c54)NC[C@@H](C)NC6=O)n3)cc2)CC1)OC. The van der Waals surface area contributed by atoms with E-state index < -0.39 is 0 Å². The summed E-state index contributed by atoms with van der Waals surface area (Å²) in [6.07, 6.45) is 2.12. The average molecular weight is 531 g/mol. The predicted octanol–water partition coefficient (Wildman–Crippen LogP) is 5.46. The molecule has 4 aromatic rings. The molecule has 0 radical (unpaired) electrons. The number of hydrogen-bond donors (Lipinski definition) is 2. The van der Waals surface area contributed by atoms with Crippen LogP contribution in [0.1, 0.15) is 40.9 Å². The molecule has 38 heavy (non-hydrogen) atoms. The molecule has 2 N–H and O–H groups in total. The van der Waals surface area contributed by atoms with Gasteiger partial charge in [-0.3, -0.25) is 9.69 Å². The molecule has 7 nitrogen and oxygen atoms in total. The van der Waals surface area contributed by atoms with Crippen LogP contribution in [0.2, 0.25) is 0 Å². The summed E-state index contributed by atoms with van der Waals surface area (Å²) in [6.45, 7) is 5.65. The zero-order valence-electron chi connectivity index (χ0n) is 22.1. The summed E-state index contributed by atoms with van der Waals surface area (Å²) in [6, 6.07) is 17.4. The number of amides is 1. The van der Waals surface area contributed by atoms with Crippen molar-refractivity contribution in [3.63, 3.8) is 0 Å². The Morgan fingerprint density at radius 3 is 2.55 bits per heavy atom. The second-order valence-electron chi connectivity index (χ2n) is 10.4. The van der Waals surface area contributed by atoms with Gasteiger partial charge < -0.3 is 20.1 Å². The number of rotatable bonds is 6. The largest absolute Gasteiger partial charge is 0.381 e. The second kappa shape index (κ2) is 10.6. The number of hydrogen-bond acceptors (Lipinski definition) is 7. The molecule has 2 aromatic heterocycles. The van der Waals surface area contributed by atoms with Gasteiger partial charge in [-0.1, -0.05) is 24.3 Å². The summed E-state index contributed by atoms with van der Waals surface area (Å²) < 4.78 is 11.8. The lowest BCUT2D eigenvalue weighted by atomic mass is 9.88. The summed E-state index contributed by atoms with van der Waals surface area (Å²) in [7, 11) is 3.39. The summed E-state index contributed by atoms with van der Waals surface area (Å²) in [5, 5.41) is 8.73. The minimum atomic E-state index is -0.162. The summed E-state index contributed by atoms with van der Waals surface area (Å²) in [5.74, 6) is 0.569. The van der Waals surface area contributed by atoms with E-state index in [1.165, 1.54) is 5.56 Å². The molecule has 2 aliphatic rings. The van der Waals surface area contributed by atoms with Crippen LogP contribution < -0.4 is 10.6 Å². The van der Waals surface area contributed by atoms with Crippen molar-refractivity contribution in [3.05, 3.63) is 59.0 Å². The van der Waals surface area contributed by atoms with E-state index in [0.29, 0.717) is 12.5 Å². The van der Waals surface area contributed by atoms with Crippen molar-refractivity contribution in [1.82, 2.24) is 15.2 Å². The minimum absolute atomic E-state index is 0.00339. The lowest BCUT2D eigenvalue weighted by Gasteiger charge is -2.33. The number of fused-ring (bicyclic) bond motifs is 5. The van der Waals surface area contributed by atoms with Crippen molar-refractivity contribution < 1.29 is 14.3 Å². The number of piperidine rings is 1. The molecule has 198 valence electrons. The number of likely N-dealkylation sites (tertiary alicyclic amines) is 1. The Kier molecular flexibility index (Phi) is 7.05. The maximum atomic E-state index is 12.7. The smallest absolute Gasteiger partial charge is 0.263 e. The third kappa shape index (κ3) is 4.78. The molecular weight excluding hydrogens is 496 g/mol. The van der Waals surface area contributed by atoms with E-state index in [2.05, 4.69) is 64.1 Å². The van der Waals surface area contributed by atoms with Gasteiger partial charge in [0.2, 0.25) is 0 Å². The number of thiophene rings is 1. The van der Waals surface area contributed by atoms with E-state index in [9.17, 15) is 4.79 Å². The first-order valence-corrected chi connectivity index (χ1v) is 14.1. The van der Waals surface area contributed by atoms with E-state index in [-0.39, 0.29) is 18.2 Å². The van der Waals surface area contributed by atoms with Crippen LogP contribution in [0.5, 0.6) is 0 Å². The topological polar surface area (TPSA) is 75.7 Å². The maximum absolute atomic E-state index is 12.7. The van der Waals surface area contributed by atoms with Crippen LogP contribution in [0.3, 0.4) is 0 Å². The van der Waals surface area contributed by atoms with Crippen LogP contribution in [0, 0.1) is 0 Å². The first-order chi connectivity index (χ1) is 18.5. The highest BCUT2D eigenvalue weighted by atomic mass is 32.1. The molecule has 0 spiro atoms. The molecular formula is C30H34N4O3S. The van der Waals surface area contributed by atoms with Crippen LogP contribution in [-0.2, 0) is 9.47 Å². The average Bonchev–Trinajstić information content (AvgIpc) is 3.27. The number of anilines is 1. The number of nitrogens with zero attached hydrogens (tertiary/aromatic N) is 2. The molecule has 0 bridgehead atoms. The van der Waals surface area contributed by atoms with Gasteiger partial charge >= 0.3 is 0 Å². The fraction of sp³-hybridized carbons (Fsp3) is 0.400. The van der Waals surface area contributed by atoms with Gasteiger partial charge in [-0.15, -0.1) is 11.3 Å². The fourth-order valence-corrected chi connectivity index (χ4v) is 6.82. The lowest BCUT2D eigenvalue weighted by molar-refractivity contribution is -0.118. The van der Waals surface area contributed by atoms with E-state index >= 15 is 0 Å². The lowest BCUT2D eigenvalue weighted by Crippen LogP contribution is -2.39. The Morgan fingerprint density at radius 1 is 1.05 bits per heavy atom. The molecule has 6 rings (SSSR count). The standard InChI is InChI=1S/C30H34N4O3S/c1-18-16-31-28-27-22-8-9-23(33-24(22)10-11-25(27)38-29(28)30(35)32-18)21-6-4-19(5-7-21)20-12-14-34(15-13-20)17-26(36-2)37-3/h4-11,18,20,26,31H,12-17H2,1-3H3,(H,32,35)/t18-/m1/s1. The molecule has 2 aromatic carbocycles. The highest BCUT2D eigenvalue weighted by Crippen LogP contribution is 2.41. The molecule has 1 fully saturated rings. The Balaban J connectivity index is 1.22. The van der Waals surface area contributed by atoms with Crippen LogP contribution >= 0.6 is 11.3 Å². The Hall–Kier alpha value is -3.04. The number of aromatic nitrogens is 1. The van der Waals surface area contributed by atoms with Crippen LogP contribution in [0.15, 0.2) is 48.5 Å². The van der Waals surface area contributed by atoms with Gasteiger partial charge in [0.25, 0.3) is 5.91 Å². The maximum Gasteiger partial charge on any atom is 0.263 e. The number of benzene rings is 2. The van der Waals surface area contributed by atoms with Crippen LogP contribution in [0.4, 0.5) is 5.69 Å². The van der Waals surface area contributed by atoms with Gasteiger partial charge in [0.1, 0.15) is 4.88 Å². The van der Waals surface area contributed by atoms with Crippen molar-refractivity contribution in [2.45, 2.75) is 38.0 Å². The second-order valence-corrected chi connectivity index (χ2v) is 11.4. The van der Waals surface area contributed by atoms with E-state index in [4.69, 9.17) is 14.5 Å². The Bertz CT molecular complexity index is 1460. The molecule has 4 heterocycles. The molecule has 1 saturated heterocycles. The molecule has 1 atom stereocenters. The van der Waals surface area contributed by atoms with Gasteiger partial charge in [0.15, 0.2) is 6.29 Å². The van der Waals surface area contributed by atoms with Gasteiger partial charge in [0.05, 0.1) is 16.9 Å². The van der Waals surface area contributed by atoms with Gasteiger partial charge in [-0.25, -0.2) is 4.98 Å². The molecule has 0 aliphatic carbocycles. The van der Waals surface area contributed by atoms with Gasteiger partial charge in [-0.2, -0.15) is 0 Å². The quantitative estimate of drug-likeness (QED) is 0.323. The third-order valence-electron chi connectivity index (χ3n) is 7.89. The monoisotopic (exact) mass is 530 g/mol. The summed E-state index contributed by atoms with van der Waals surface area (Å²) >= 11 is 1.54. The van der Waals surface area contributed by atoms with Crippen molar-refractivity contribution in [3.8, 4) is 11.3 Å². The number of pyridine rings is 1. The van der Waals surface area contributed by atoms with Gasteiger partial charge in [-0.05, 0) is 68.6 Å². The Labute approximate surface area is 227 Å². The number of carbonyl (C=O) groups is 1. The first kappa shape index (κ1) is 25.2. The van der Waals surface area contributed by atoms with Crippen molar-refractivity contribution in [2.75, 3.05) is 45.7 Å². The zero-order chi connectivity index (χ0) is 26.2. The first-order valence-electron chi connectivity index (χ1n) is 13.3. The predicted molar refractivity (Wildman–Crippen MR) is 154 cm³/mol. The van der Waals surface area contributed by atoms with Crippen molar-refractivity contribution >= 4 is 43.9 Å². The summed E-state index contributed by atoms with van der Waals surface area (Å²) in [4.78, 5) is 20.9. The van der Waals surface area contributed by atoms with E-state index in [1.54, 1.807) is 25.6 Å². The van der Waals surface area contributed by atoms with Gasteiger partial charge in [0, 0.05) is 54.4 Å². The van der Waals surface area contributed by atoms with Crippen LogP contribution in [-0.4, -0.2) is 68.5 Å². The Morgan fingerprint density at radius 2 is 1.82 bits per heavy atom. The number of ether oxygens (including phenoxy) is 2. The number of methoxy groups -OCH3 is 2. The molecule has 0 unspecified atom stereocenters. The third-order valence-corrected chi connectivity index (χ3v) is 9.04. The van der Waals surface area contributed by atoms with Crippen molar-refractivity contribution in [1.29, 1.82) is 0 Å². The highest BCUT2D eigenvalue weighted by molar-refractivity contribution is 7.21. The zero-order valence-corrected chi connectivity index (χ0v) is 22.9. The number of carbonyl (C=O) groups excluding carboxylic acids is 1. The molecule has 2 aliphatic heterocycles. The highest BCUT2D eigenvalue weighted by Gasteiger charge is 2.25. The normalized spacial score (nSPS) is 18.9. The molecule has 1 amide bonds. The minimum Gasteiger partial charge on any atom is -0.381 e. The number of nitrogens with one attached hydrogen (secondary N) is 2. The van der Waals surface area contributed by atoms with Crippen molar-refractivity contribution in [2.24, 2.45) is 0 Å². The van der Waals surface area contributed by atoms with E-state index in [1.807, 2.05) is 6.92 Å². The molecule has 0 saturated carbocycles. The molecule has 8 heteroatoms. The summed E-state index contributed by atoms with van der Waals surface area (Å²) in [5.41, 5.74) is 5.35. The van der Waals surface area contributed by atoms with E-state index in [0.717, 1.165) is 75.3 Å². The van der Waals surface area contributed by atoms with Crippen LogP contribution in [0.25, 0.3) is 32.2 Å². The fourth-order valence-electron chi connectivity index (χ4n) is 5.72.